The Morgan fingerprint density at radius 1 is 1.35 bits per heavy atom. The van der Waals surface area contributed by atoms with Gasteiger partial charge in [-0.3, -0.25) is 4.90 Å². The van der Waals surface area contributed by atoms with Crippen LogP contribution in [0, 0.1) is 5.92 Å². The molecule has 4 nitrogen and oxygen atoms in total. The maximum atomic E-state index is 8.89. The number of nitrogens with two attached hydrogens (primary N) is 1. The predicted molar refractivity (Wildman–Crippen MR) is 81.8 cm³/mol. The first kappa shape index (κ1) is 14.9. The van der Waals surface area contributed by atoms with Crippen molar-refractivity contribution in [3.63, 3.8) is 0 Å². The van der Waals surface area contributed by atoms with E-state index in [1.807, 2.05) is 18.2 Å². The monoisotopic (exact) mass is 275 g/mol. The Bertz CT molecular complexity index is 473. The Morgan fingerprint density at radius 2 is 2.05 bits per heavy atom. The predicted octanol–water partition coefficient (Wildman–Crippen LogP) is 2.79. The van der Waals surface area contributed by atoms with E-state index in [0.717, 1.165) is 23.6 Å². The van der Waals surface area contributed by atoms with E-state index in [0.29, 0.717) is 6.04 Å². The van der Waals surface area contributed by atoms with Crippen LogP contribution in [0.5, 0.6) is 0 Å². The zero-order valence-corrected chi connectivity index (χ0v) is 12.4. The molecule has 0 heterocycles. The lowest BCUT2D eigenvalue weighted by atomic mass is 9.85. The highest BCUT2D eigenvalue weighted by Gasteiger charge is 2.25. The molecule has 1 fully saturated rings. The standard InChI is InChI=1S/C16H25N3O/c1-12-7-3-6-10-15(12)19(2)11-13-8-4-5-9-14(13)16(17)18-20/h4-5,8-9,12,15,20H,3,6-7,10-11H2,1-2H3,(H2,17,18). The Kier molecular flexibility index (Phi) is 5.01. The summed E-state index contributed by atoms with van der Waals surface area (Å²) in [5, 5.41) is 12.0. The van der Waals surface area contributed by atoms with Gasteiger partial charge in [-0.05, 0) is 31.4 Å². The Balaban J connectivity index is 2.13. The summed E-state index contributed by atoms with van der Waals surface area (Å²) < 4.78 is 0. The van der Waals surface area contributed by atoms with Crippen LogP contribution in [0.4, 0.5) is 0 Å². The highest BCUT2D eigenvalue weighted by Crippen LogP contribution is 2.28. The van der Waals surface area contributed by atoms with Gasteiger partial charge in [-0.1, -0.05) is 49.2 Å². The molecular formula is C16H25N3O. The number of hydrogen-bond donors (Lipinski definition) is 2. The van der Waals surface area contributed by atoms with Crippen molar-refractivity contribution >= 4 is 5.84 Å². The van der Waals surface area contributed by atoms with E-state index in [1.165, 1.54) is 25.7 Å². The summed E-state index contributed by atoms with van der Waals surface area (Å²) in [6.07, 6.45) is 5.26. The second kappa shape index (κ2) is 6.75. The van der Waals surface area contributed by atoms with Crippen molar-refractivity contribution in [1.82, 2.24) is 4.90 Å². The van der Waals surface area contributed by atoms with Crippen molar-refractivity contribution in [3.05, 3.63) is 35.4 Å². The SMILES string of the molecule is CC1CCCCC1N(C)Cc1ccccc1C(N)=NO. The van der Waals surface area contributed by atoms with Gasteiger partial charge in [0.05, 0.1) is 0 Å². The summed E-state index contributed by atoms with van der Waals surface area (Å²) in [5.74, 6) is 0.926. The van der Waals surface area contributed by atoms with E-state index in [2.05, 4.69) is 30.1 Å². The molecule has 0 radical (unpaired) electrons. The topological polar surface area (TPSA) is 61.8 Å². The summed E-state index contributed by atoms with van der Waals surface area (Å²) >= 11 is 0. The summed E-state index contributed by atoms with van der Waals surface area (Å²) in [5.41, 5.74) is 7.70. The average Bonchev–Trinajstić information content (AvgIpc) is 2.47. The molecule has 1 aliphatic carbocycles. The highest BCUT2D eigenvalue weighted by molar-refractivity contribution is 5.98. The third-order valence-electron chi connectivity index (χ3n) is 4.45. The van der Waals surface area contributed by atoms with Crippen molar-refractivity contribution in [2.75, 3.05) is 7.05 Å². The van der Waals surface area contributed by atoms with Gasteiger partial charge in [0.2, 0.25) is 0 Å². The number of hydrogen-bond acceptors (Lipinski definition) is 3. The van der Waals surface area contributed by atoms with Gasteiger partial charge in [0.15, 0.2) is 5.84 Å². The van der Waals surface area contributed by atoms with Crippen LogP contribution < -0.4 is 5.73 Å². The Labute approximate surface area is 121 Å². The lowest BCUT2D eigenvalue weighted by Gasteiger charge is -2.36. The first-order valence-corrected chi connectivity index (χ1v) is 7.39. The third-order valence-corrected chi connectivity index (χ3v) is 4.45. The summed E-state index contributed by atoms with van der Waals surface area (Å²) in [6, 6.07) is 8.51. The van der Waals surface area contributed by atoms with Crippen LogP contribution in [-0.2, 0) is 6.54 Å². The Morgan fingerprint density at radius 3 is 2.75 bits per heavy atom. The molecule has 4 heteroatoms. The maximum Gasteiger partial charge on any atom is 0.170 e. The lowest BCUT2D eigenvalue weighted by molar-refractivity contribution is 0.133. The molecule has 2 atom stereocenters. The van der Waals surface area contributed by atoms with Gasteiger partial charge in [-0.2, -0.15) is 0 Å². The van der Waals surface area contributed by atoms with Crippen molar-refractivity contribution in [2.45, 2.75) is 45.2 Å². The molecule has 0 amide bonds. The van der Waals surface area contributed by atoms with Crippen molar-refractivity contribution in [1.29, 1.82) is 0 Å². The largest absolute Gasteiger partial charge is 0.409 e. The van der Waals surface area contributed by atoms with Crippen LogP contribution in [0.1, 0.15) is 43.7 Å². The van der Waals surface area contributed by atoms with Crippen LogP contribution in [0.2, 0.25) is 0 Å². The minimum Gasteiger partial charge on any atom is -0.409 e. The molecule has 0 aliphatic heterocycles. The molecule has 0 spiro atoms. The molecule has 1 aliphatic rings. The van der Waals surface area contributed by atoms with Crippen LogP contribution in [0.25, 0.3) is 0 Å². The lowest BCUT2D eigenvalue weighted by Crippen LogP contribution is -2.38. The van der Waals surface area contributed by atoms with Gasteiger partial charge in [0.25, 0.3) is 0 Å². The third kappa shape index (κ3) is 3.31. The first-order chi connectivity index (χ1) is 9.63. The highest BCUT2D eigenvalue weighted by atomic mass is 16.4. The fraction of sp³-hybridized carbons (Fsp3) is 0.562. The smallest absolute Gasteiger partial charge is 0.170 e. The molecule has 0 aromatic heterocycles. The van der Waals surface area contributed by atoms with Crippen molar-refractivity contribution in [3.8, 4) is 0 Å². The summed E-state index contributed by atoms with van der Waals surface area (Å²) in [6.45, 7) is 3.18. The minimum atomic E-state index is 0.186. The van der Waals surface area contributed by atoms with E-state index in [1.54, 1.807) is 0 Å². The first-order valence-electron chi connectivity index (χ1n) is 7.39. The van der Waals surface area contributed by atoms with Gasteiger partial charge < -0.3 is 10.9 Å². The summed E-state index contributed by atoms with van der Waals surface area (Å²) in [4.78, 5) is 2.41. The molecule has 1 saturated carbocycles. The second-order valence-corrected chi connectivity index (χ2v) is 5.89. The number of rotatable bonds is 4. The van der Waals surface area contributed by atoms with Gasteiger partial charge in [0, 0.05) is 18.2 Å². The fourth-order valence-corrected chi connectivity index (χ4v) is 3.30. The van der Waals surface area contributed by atoms with Crippen molar-refractivity contribution < 1.29 is 5.21 Å². The Hall–Kier alpha value is -1.55. The normalized spacial score (nSPS) is 24.1. The van der Waals surface area contributed by atoms with Crippen molar-refractivity contribution in [2.24, 2.45) is 16.8 Å². The number of amidine groups is 1. The number of benzene rings is 1. The van der Waals surface area contributed by atoms with Crippen LogP contribution in [0.15, 0.2) is 29.4 Å². The van der Waals surface area contributed by atoms with Gasteiger partial charge >= 0.3 is 0 Å². The molecule has 0 bridgehead atoms. The van der Waals surface area contributed by atoms with E-state index in [-0.39, 0.29) is 5.84 Å². The minimum absolute atomic E-state index is 0.186. The molecule has 3 N–H and O–H groups in total. The van der Waals surface area contributed by atoms with Gasteiger partial charge in [0.1, 0.15) is 0 Å². The molecule has 110 valence electrons. The van der Waals surface area contributed by atoms with Crippen LogP contribution in [0.3, 0.4) is 0 Å². The quantitative estimate of drug-likeness (QED) is 0.384. The molecule has 0 saturated heterocycles. The molecular weight excluding hydrogens is 250 g/mol. The number of oxime groups is 1. The average molecular weight is 275 g/mol. The zero-order valence-electron chi connectivity index (χ0n) is 12.4. The van der Waals surface area contributed by atoms with E-state index >= 15 is 0 Å². The molecule has 20 heavy (non-hydrogen) atoms. The molecule has 1 aromatic rings. The summed E-state index contributed by atoms with van der Waals surface area (Å²) in [7, 11) is 2.18. The number of nitrogens with zero attached hydrogens (tertiary/aromatic N) is 2. The van der Waals surface area contributed by atoms with E-state index in [9.17, 15) is 0 Å². The van der Waals surface area contributed by atoms with Crippen LogP contribution >= 0.6 is 0 Å². The van der Waals surface area contributed by atoms with E-state index in [4.69, 9.17) is 10.9 Å². The molecule has 2 rings (SSSR count). The maximum absolute atomic E-state index is 8.89. The fourth-order valence-electron chi connectivity index (χ4n) is 3.30. The van der Waals surface area contributed by atoms with Gasteiger partial charge in [-0.15, -0.1) is 0 Å². The van der Waals surface area contributed by atoms with E-state index < -0.39 is 0 Å². The second-order valence-electron chi connectivity index (χ2n) is 5.89. The van der Waals surface area contributed by atoms with Crippen LogP contribution in [-0.4, -0.2) is 29.0 Å². The molecule has 1 aromatic carbocycles. The molecule has 2 unspecified atom stereocenters. The van der Waals surface area contributed by atoms with Gasteiger partial charge in [-0.25, -0.2) is 0 Å². The zero-order chi connectivity index (χ0) is 14.5.